The maximum absolute atomic E-state index is 13.1. The fourth-order valence-electron chi connectivity index (χ4n) is 4.51. The maximum atomic E-state index is 13.1. The molecule has 3 amide bonds. The minimum absolute atomic E-state index is 0.0963. The van der Waals surface area contributed by atoms with Crippen LogP contribution in [0.4, 0.5) is 10.6 Å². The molecule has 15 heteroatoms. The number of urea groups is 1. The molecule has 0 aromatic carbocycles. The van der Waals surface area contributed by atoms with E-state index < -0.39 is 11.8 Å². The molecule has 0 bridgehead atoms. The standard InChI is InChI=1S/C27H32N10O4S/c1-4-29-26(39)33-21-12-19(20(15-31-21)17-11-18(14-28-13-17)24-34-35-27(40)41-24)25-32-16(2)22(42-25)23(38)30-5-6-37-9-7-36(3)8-10-37/h11-15H,4-10H2,1-3H3,(H,30,38)(H,35,40)(H2,29,31,33,39). The number of carbonyl (C=O) groups is 2. The topological polar surface area (TPSA) is 174 Å². The van der Waals surface area contributed by atoms with E-state index in [1.54, 1.807) is 31.5 Å². The van der Waals surface area contributed by atoms with Gasteiger partial charge >= 0.3 is 11.8 Å². The summed E-state index contributed by atoms with van der Waals surface area (Å²) in [4.78, 5) is 55.4. The van der Waals surface area contributed by atoms with Crippen LogP contribution in [-0.2, 0) is 0 Å². The summed E-state index contributed by atoms with van der Waals surface area (Å²) in [5, 5.41) is 15.1. The second-order valence-corrected chi connectivity index (χ2v) is 10.8. The molecule has 220 valence electrons. The summed E-state index contributed by atoms with van der Waals surface area (Å²) in [6.45, 7) is 9.40. The Bertz CT molecular complexity index is 1620. The summed E-state index contributed by atoms with van der Waals surface area (Å²) in [6, 6.07) is 3.08. The van der Waals surface area contributed by atoms with Crippen molar-refractivity contribution in [3.05, 3.63) is 51.8 Å². The Kier molecular flexibility index (Phi) is 9.00. The van der Waals surface area contributed by atoms with E-state index in [9.17, 15) is 14.4 Å². The first kappa shape index (κ1) is 29.0. The van der Waals surface area contributed by atoms with Gasteiger partial charge in [-0.15, -0.1) is 16.4 Å². The highest BCUT2D eigenvalue weighted by molar-refractivity contribution is 7.17. The number of anilines is 1. The lowest BCUT2D eigenvalue weighted by molar-refractivity contribution is 0.0944. The van der Waals surface area contributed by atoms with Crippen molar-refractivity contribution >= 4 is 29.1 Å². The van der Waals surface area contributed by atoms with Crippen LogP contribution in [0.15, 0.2) is 39.9 Å². The SMILES string of the molecule is CCNC(=O)Nc1cc(-c2nc(C)c(C(=O)NCCN3CCN(C)CC3)s2)c(-c2cncc(-c3n[nH]c(=O)o3)c2)cn1. The second-order valence-electron chi connectivity index (χ2n) is 9.81. The van der Waals surface area contributed by atoms with Crippen LogP contribution in [0.3, 0.4) is 0 Å². The van der Waals surface area contributed by atoms with E-state index in [0.717, 1.165) is 32.7 Å². The third-order valence-corrected chi connectivity index (χ3v) is 7.95. The van der Waals surface area contributed by atoms with Crippen molar-refractivity contribution < 1.29 is 14.0 Å². The van der Waals surface area contributed by atoms with E-state index in [4.69, 9.17) is 9.40 Å². The number of aryl methyl sites for hydroxylation is 1. The molecule has 14 nitrogen and oxygen atoms in total. The Morgan fingerprint density at radius 3 is 2.60 bits per heavy atom. The highest BCUT2D eigenvalue weighted by Crippen LogP contribution is 2.37. The number of likely N-dealkylation sites (N-methyl/N-ethyl adjacent to an activating group) is 1. The second kappa shape index (κ2) is 13.0. The van der Waals surface area contributed by atoms with Crippen LogP contribution in [-0.4, -0.2) is 99.7 Å². The van der Waals surface area contributed by atoms with Gasteiger partial charge in [0.25, 0.3) is 11.8 Å². The van der Waals surface area contributed by atoms with Gasteiger partial charge in [-0.05, 0) is 33.0 Å². The lowest BCUT2D eigenvalue weighted by Crippen LogP contribution is -2.46. The molecule has 0 saturated carbocycles. The minimum Gasteiger partial charge on any atom is -0.388 e. The number of nitrogens with zero attached hydrogens (tertiary/aromatic N) is 6. The lowest BCUT2D eigenvalue weighted by atomic mass is 10.0. The molecule has 42 heavy (non-hydrogen) atoms. The zero-order chi connectivity index (χ0) is 29.6. The van der Waals surface area contributed by atoms with Crippen molar-refractivity contribution in [3.8, 4) is 33.2 Å². The highest BCUT2D eigenvalue weighted by Gasteiger charge is 2.21. The zero-order valence-corrected chi connectivity index (χ0v) is 24.4. The number of pyridine rings is 2. The number of hydrogen-bond acceptors (Lipinski definition) is 11. The summed E-state index contributed by atoms with van der Waals surface area (Å²) in [6.07, 6.45) is 4.77. The number of amides is 3. The molecule has 0 atom stereocenters. The predicted octanol–water partition coefficient (Wildman–Crippen LogP) is 2.04. The predicted molar refractivity (Wildman–Crippen MR) is 158 cm³/mol. The van der Waals surface area contributed by atoms with Gasteiger partial charge in [-0.1, -0.05) is 0 Å². The molecule has 0 unspecified atom stereocenters. The number of thiazole rings is 1. The fourth-order valence-corrected chi connectivity index (χ4v) is 5.52. The van der Waals surface area contributed by atoms with Crippen molar-refractivity contribution in [3.63, 3.8) is 0 Å². The van der Waals surface area contributed by atoms with Gasteiger partial charge in [0.05, 0.1) is 11.3 Å². The Morgan fingerprint density at radius 1 is 1.07 bits per heavy atom. The Morgan fingerprint density at radius 2 is 1.86 bits per heavy atom. The molecule has 1 aliphatic heterocycles. The number of H-pyrrole nitrogens is 1. The van der Waals surface area contributed by atoms with E-state index in [0.29, 0.717) is 56.7 Å². The van der Waals surface area contributed by atoms with Crippen molar-refractivity contribution in [1.29, 1.82) is 0 Å². The minimum atomic E-state index is -0.675. The maximum Gasteiger partial charge on any atom is 0.434 e. The highest BCUT2D eigenvalue weighted by atomic mass is 32.1. The lowest BCUT2D eigenvalue weighted by Gasteiger charge is -2.32. The number of aromatic nitrogens is 5. The van der Waals surface area contributed by atoms with Crippen LogP contribution in [0.5, 0.6) is 0 Å². The van der Waals surface area contributed by atoms with Crippen LogP contribution in [0.25, 0.3) is 33.2 Å². The molecule has 5 heterocycles. The number of hydrogen-bond donors (Lipinski definition) is 4. The van der Waals surface area contributed by atoms with Crippen LogP contribution in [0, 0.1) is 6.92 Å². The third kappa shape index (κ3) is 6.87. The molecule has 4 aromatic heterocycles. The van der Waals surface area contributed by atoms with Gasteiger partial charge in [0.2, 0.25) is 0 Å². The van der Waals surface area contributed by atoms with Crippen molar-refractivity contribution in [2.24, 2.45) is 0 Å². The van der Waals surface area contributed by atoms with Gasteiger partial charge in [-0.25, -0.2) is 24.7 Å². The molecule has 5 rings (SSSR count). The molecule has 0 radical (unpaired) electrons. The van der Waals surface area contributed by atoms with E-state index >= 15 is 0 Å². The Labute approximate surface area is 245 Å². The molecule has 1 aliphatic rings. The number of aromatic amines is 1. The first-order chi connectivity index (χ1) is 20.3. The summed E-state index contributed by atoms with van der Waals surface area (Å²) in [5.41, 5.74) is 3.02. The quantitative estimate of drug-likeness (QED) is 0.225. The number of nitrogens with one attached hydrogen (secondary N) is 4. The average Bonchev–Trinajstić information content (AvgIpc) is 3.60. The molecule has 0 spiro atoms. The van der Waals surface area contributed by atoms with Gasteiger partial charge in [0.15, 0.2) is 0 Å². The third-order valence-electron chi connectivity index (χ3n) is 6.76. The van der Waals surface area contributed by atoms with E-state index in [-0.39, 0.29) is 11.8 Å². The van der Waals surface area contributed by atoms with Crippen LogP contribution in [0.1, 0.15) is 22.3 Å². The zero-order valence-electron chi connectivity index (χ0n) is 23.6. The molecule has 0 aliphatic carbocycles. The number of carbonyl (C=O) groups excluding carboxylic acids is 2. The first-order valence-electron chi connectivity index (χ1n) is 13.5. The average molecular weight is 593 g/mol. The van der Waals surface area contributed by atoms with Crippen LogP contribution < -0.4 is 21.7 Å². The molecule has 1 saturated heterocycles. The molecule has 4 aromatic rings. The van der Waals surface area contributed by atoms with Crippen LogP contribution >= 0.6 is 11.3 Å². The van der Waals surface area contributed by atoms with Gasteiger partial charge in [-0.3, -0.25) is 20.0 Å². The van der Waals surface area contributed by atoms with Gasteiger partial charge < -0.3 is 20.0 Å². The summed E-state index contributed by atoms with van der Waals surface area (Å²) >= 11 is 1.26. The monoisotopic (exact) mass is 592 g/mol. The van der Waals surface area contributed by atoms with Crippen molar-refractivity contribution in [2.45, 2.75) is 13.8 Å². The van der Waals surface area contributed by atoms with Crippen molar-refractivity contribution in [1.82, 2.24) is 45.6 Å². The van der Waals surface area contributed by atoms with Crippen molar-refractivity contribution in [2.75, 3.05) is 58.2 Å². The molecular formula is C27H32N10O4S. The van der Waals surface area contributed by atoms with Crippen LogP contribution in [0.2, 0.25) is 0 Å². The molecule has 4 N–H and O–H groups in total. The first-order valence-corrected chi connectivity index (χ1v) is 14.4. The number of piperazine rings is 1. The molecule has 1 fully saturated rings. The summed E-state index contributed by atoms with van der Waals surface area (Å²) in [5.74, 6) is -0.447. The fraction of sp³-hybridized carbons (Fsp3) is 0.370. The smallest absolute Gasteiger partial charge is 0.388 e. The van der Waals surface area contributed by atoms with E-state index in [2.05, 4.69) is 53.0 Å². The van der Waals surface area contributed by atoms with Gasteiger partial charge in [0.1, 0.15) is 15.7 Å². The van der Waals surface area contributed by atoms with Gasteiger partial charge in [-0.2, -0.15) is 0 Å². The summed E-state index contributed by atoms with van der Waals surface area (Å²) in [7, 11) is 2.11. The Hall–Kier alpha value is -4.47. The normalized spacial score (nSPS) is 14.1. The Balaban J connectivity index is 1.43. The van der Waals surface area contributed by atoms with E-state index in [1.807, 2.05) is 6.92 Å². The summed E-state index contributed by atoms with van der Waals surface area (Å²) < 4.78 is 5.09. The largest absolute Gasteiger partial charge is 0.434 e. The number of rotatable bonds is 9. The van der Waals surface area contributed by atoms with Gasteiger partial charge in [0, 0.05) is 81.1 Å². The van der Waals surface area contributed by atoms with E-state index in [1.165, 1.54) is 17.5 Å². The molecular weight excluding hydrogens is 560 g/mol.